The molecule has 8 heavy (non-hydrogen) atoms. The third-order valence-corrected chi connectivity index (χ3v) is 0.506. The number of carbonyl (C=O) groups is 2. The Morgan fingerprint density at radius 2 is 2.25 bits per heavy atom. The van der Waals surface area contributed by atoms with Gasteiger partial charge in [0.05, 0.1) is 0 Å². The summed E-state index contributed by atoms with van der Waals surface area (Å²) in [4.78, 5) is 20.1. The second-order valence-electron chi connectivity index (χ2n) is 1.06. The van der Waals surface area contributed by atoms with Gasteiger partial charge in [0.1, 0.15) is 0 Å². The van der Waals surface area contributed by atoms with Gasteiger partial charge in [-0.25, -0.2) is 10.2 Å². The fourth-order valence-corrected chi connectivity index (χ4v) is 0.266. The minimum absolute atomic E-state index is 0.742. The highest BCUT2D eigenvalue weighted by Crippen LogP contribution is 1.74. The van der Waals surface area contributed by atoms with Gasteiger partial charge in [0, 0.05) is 0 Å². The number of urea groups is 1. The van der Waals surface area contributed by atoms with Crippen LogP contribution < -0.4 is 10.7 Å². The zero-order chi connectivity index (χ0) is 5.98. The van der Waals surface area contributed by atoms with E-state index in [9.17, 15) is 9.59 Å². The van der Waals surface area contributed by atoms with Crippen LogP contribution in [0, 0.1) is 0 Å². The third kappa shape index (κ3) is 0.810. The van der Waals surface area contributed by atoms with Crippen LogP contribution in [0.4, 0.5) is 4.79 Å². The van der Waals surface area contributed by atoms with Crippen molar-refractivity contribution in [2.75, 3.05) is 0 Å². The first-order valence-corrected chi connectivity index (χ1v) is 1.80. The van der Waals surface area contributed by atoms with E-state index in [0.717, 1.165) is 0 Å². The highest BCUT2D eigenvalue weighted by atomic mass is 16.2. The predicted octanol–water partition coefficient (Wildman–Crippen LogP) is -1.30. The van der Waals surface area contributed by atoms with Crippen LogP contribution in [0.2, 0.25) is 0 Å². The van der Waals surface area contributed by atoms with Crippen molar-refractivity contribution < 1.29 is 9.59 Å². The molecule has 0 aromatic rings. The van der Waals surface area contributed by atoms with Gasteiger partial charge in [-0.15, -0.1) is 5.32 Å². The molecule has 1 heterocycles. The van der Waals surface area contributed by atoms with Crippen LogP contribution in [0.25, 0.3) is 0 Å². The van der Waals surface area contributed by atoms with Crippen molar-refractivity contribution in [3.05, 3.63) is 0 Å². The number of hydrogen-bond acceptors (Lipinski definition) is 3. The Balaban J connectivity index is 2.68. The summed E-state index contributed by atoms with van der Waals surface area (Å²) in [5.74, 6) is -0.742. The third-order valence-electron chi connectivity index (χ3n) is 0.506. The molecule has 0 saturated heterocycles. The van der Waals surface area contributed by atoms with Gasteiger partial charge in [-0.1, -0.05) is 0 Å². The maximum atomic E-state index is 10.0. The summed E-state index contributed by atoms with van der Waals surface area (Å²) in [6, 6.07) is -0.742. The van der Waals surface area contributed by atoms with Crippen molar-refractivity contribution in [3.8, 4) is 0 Å². The maximum Gasteiger partial charge on any atom is 0.364 e. The number of nitrogens with one attached hydrogen (secondary N) is 1. The van der Waals surface area contributed by atoms with Crippen molar-refractivity contribution in [1.29, 1.82) is 0 Å². The minimum atomic E-state index is -0.742. The Morgan fingerprint density at radius 3 is 2.62 bits per heavy atom. The molecule has 0 aromatic heterocycles. The Kier molecular flexibility index (Phi) is 0.957. The van der Waals surface area contributed by atoms with Gasteiger partial charge in [-0.05, 0) is 0 Å². The molecule has 1 rings (SSSR count). The van der Waals surface area contributed by atoms with Crippen molar-refractivity contribution in [2.24, 2.45) is 5.10 Å². The van der Waals surface area contributed by atoms with Gasteiger partial charge in [-0.2, -0.15) is 5.10 Å². The van der Waals surface area contributed by atoms with E-state index in [-0.39, 0.29) is 0 Å². The fourth-order valence-electron chi connectivity index (χ4n) is 0.266. The van der Waals surface area contributed by atoms with E-state index in [4.69, 9.17) is 0 Å². The summed E-state index contributed by atoms with van der Waals surface area (Å²) in [7, 11) is 0. The highest BCUT2D eigenvalue weighted by molar-refractivity contribution is 6.30. The lowest BCUT2D eigenvalue weighted by Crippen LogP contribution is -2.36. The van der Waals surface area contributed by atoms with E-state index in [0.29, 0.717) is 0 Å². The molecule has 0 spiro atoms. The Bertz CT molecular complexity index is 162. The molecule has 1 aliphatic rings. The van der Waals surface area contributed by atoms with E-state index < -0.39 is 11.9 Å². The van der Waals surface area contributed by atoms with Gasteiger partial charge < -0.3 is 0 Å². The summed E-state index contributed by atoms with van der Waals surface area (Å²) in [6.45, 7) is 0. The summed E-state index contributed by atoms with van der Waals surface area (Å²) in [5.41, 5.74) is 1.90. The minimum Gasteiger partial charge on any atom is -0.265 e. The van der Waals surface area contributed by atoms with Gasteiger partial charge in [0.25, 0.3) is 0 Å². The van der Waals surface area contributed by atoms with Crippen LogP contribution in [-0.2, 0) is 4.79 Å². The van der Waals surface area contributed by atoms with Crippen molar-refractivity contribution in [1.82, 2.24) is 10.7 Å². The molecule has 0 saturated carbocycles. The maximum absolute atomic E-state index is 10.0. The molecular formula is C3HN3O2. The van der Waals surface area contributed by atoms with E-state index in [2.05, 4.69) is 10.4 Å². The summed E-state index contributed by atoms with van der Waals surface area (Å²) < 4.78 is 0. The van der Waals surface area contributed by atoms with Crippen LogP contribution in [0.1, 0.15) is 0 Å². The molecule has 3 amide bonds. The average molecular weight is 111 g/mol. The largest absolute Gasteiger partial charge is 0.364 e. The topological polar surface area (TPSA) is 72.6 Å². The number of rotatable bonds is 0. The summed E-state index contributed by atoms with van der Waals surface area (Å²) in [6.07, 6.45) is 1.90. The second-order valence-corrected chi connectivity index (χ2v) is 1.06. The molecule has 0 unspecified atom stereocenters. The number of nitrogens with zero attached hydrogens (tertiary/aromatic N) is 2. The van der Waals surface area contributed by atoms with Crippen LogP contribution in [0.15, 0.2) is 5.10 Å². The summed E-state index contributed by atoms with van der Waals surface area (Å²) >= 11 is 0. The normalized spacial score (nSPS) is 17.5. The molecule has 40 valence electrons. The molecule has 0 aliphatic carbocycles. The Labute approximate surface area is 44.8 Å². The molecule has 1 aliphatic heterocycles. The number of amides is 3. The molecule has 0 atom stereocenters. The van der Waals surface area contributed by atoms with Crippen molar-refractivity contribution in [3.63, 3.8) is 0 Å². The quantitative estimate of drug-likeness (QED) is 0.422. The zero-order valence-electron chi connectivity index (χ0n) is 3.71. The smallest absolute Gasteiger partial charge is 0.265 e. The van der Waals surface area contributed by atoms with Crippen LogP contribution in [0.5, 0.6) is 0 Å². The number of hydrogen-bond donors (Lipinski definition) is 1. The molecule has 0 fully saturated rings. The second kappa shape index (κ2) is 1.61. The highest BCUT2D eigenvalue weighted by Gasteiger charge is 2.11. The van der Waals surface area contributed by atoms with Gasteiger partial charge in [0.2, 0.25) is 0 Å². The lowest BCUT2D eigenvalue weighted by Gasteiger charge is -1.98. The first kappa shape index (κ1) is 4.76. The van der Waals surface area contributed by atoms with Crippen LogP contribution in [0.3, 0.4) is 0 Å². The Morgan fingerprint density at radius 1 is 1.50 bits per heavy atom. The van der Waals surface area contributed by atoms with E-state index in [1.54, 1.807) is 0 Å². The van der Waals surface area contributed by atoms with Crippen molar-refractivity contribution in [2.45, 2.75) is 0 Å². The SMILES string of the molecule is O=C1[C]=NNC(=O)[N]1. The number of imide groups is 1. The predicted molar refractivity (Wildman–Crippen MR) is 23.1 cm³/mol. The molecule has 0 bridgehead atoms. The molecule has 5 nitrogen and oxygen atoms in total. The van der Waals surface area contributed by atoms with Gasteiger partial charge in [0.15, 0.2) is 6.21 Å². The van der Waals surface area contributed by atoms with E-state index in [1.165, 1.54) is 0 Å². The molecule has 2 radical (unpaired) electrons. The molecule has 1 N–H and O–H groups in total. The first-order valence-electron chi connectivity index (χ1n) is 1.80. The number of carbonyl (C=O) groups excluding carboxylic acids is 2. The molecular weight excluding hydrogens is 110 g/mol. The fraction of sp³-hybridized carbons (Fsp3) is 0. The molecule has 0 aromatic carbocycles. The first-order chi connectivity index (χ1) is 3.79. The lowest BCUT2D eigenvalue weighted by molar-refractivity contribution is -0.113. The van der Waals surface area contributed by atoms with Crippen molar-refractivity contribution >= 4 is 18.2 Å². The molecule has 5 heteroatoms. The van der Waals surface area contributed by atoms with E-state index >= 15 is 0 Å². The summed E-state index contributed by atoms with van der Waals surface area (Å²) in [5, 5.41) is 5.94. The standard InChI is InChI=1S/C3HN3O2/c7-2-1-4-6-3(8)5-2/h(H,6,8). The number of hydrazone groups is 1. The average Bonchev–Trinajstić information content (AvgIpc) is 1.64. The van der Waals surface area contributed by atoms with Gasteiger partial charge >= 0.3 is 11.9 Å². The van der Waals surface area contributed by atoms with Gasteiger partial charge in [-0.3, -0.25) is 4.79 Å². The van der Waals surface area contributed by atoms with E-state index in [1.807, 2.05) is 11.6 Å². The zero-order valence-corrected chi connectivity index (χ0v) is 3.71. The lowest BCUT2D eigenvalue weighted by atomic mass is 10.6. The van der Waals surface area contributed by atoms with Crippen LogP contribution >= 0.6 is 0 Å². The Hall–Kier alpha value is -1.39. The van der Waals surface area contributed by atoms with Crippen LogP contribution in [-0.4, -0.2) is 18.2 Å². The monoisotopic (exact) mass is 111 g/mol.